The van der Waals surface area contributed by atoms with Crippen LogP contribution < -0.4 is 5.32 Å². The van der Waals surface area contributed by atoms with Crippen molar-refractivity contribution in [2.75, 3.05) is 39.8 Å². The molecule has 3 amide bonds. The highest BCUT2D eigenvalue weighted by atomic mass is 16.2. The second-order valence-electron chi connectivity index (χ2n) is 6.51. The van der Waals surface area contributed by atoms with Gasteiger partial charge in [-0.25, -0.2) is 0 Å². The first-order chi connectivity index (χ1) is 10.6. The Balaban J connectivity index is 1.57. The molecular weight excluding hydrogens is 284 g/mol. The van der Waals surface area contributed by atoms with Crippen LogP contribution in [0.1, 0.15) is 25.7 Å². The van der Waals surface area contributed by atoms with Gasteiger partial charge in [-0.05, 0) is 19.9 Å². The molecule has 2 aliphatic heterocycles. The Bertz CT molecular complexity index is 475. The lowest BCUT2D eigenvalue weighted by atomic mass is 10.1. The number of hydrogen-bond donors (Lipinski definition) is 1. The summed E-state index contributed by atoms with van der Waals surface area (Å²) in [4.78, 5) is 41.7. The maximum absolute atomic E-state index is 12.5. The Morgan fingerprint density at radius 1 is 1.27 bits per heavy atom. The highest BCUT2D eigenvalue weighted by molar-refractivity contribution is 5.95. The standard InChI is InChI=1S/C15H24N4O3/c1-17(11-4-2-3-5-11)10-14(21)18-6-7-19-12(9-18)15(22)16-8-13(19)20/h11-12H,2-10H2,1H3,(H,16,22)/t12-/m0/s1. The summed E-state index contributed by atoms with van der Waals surface area (Å²) in [7, 11) is 2.00. The molecule has 3 rings (SSSR count). The van der Waals surface area contributed by atoms with Gasteiger partial charge < -0.3 is 15.1 Å². The van der Waals surface area contributed by atoms with Gasteiger partial charge in [-0.3, -0.25) is 19.3 Å². The smallest absolute Gasteiger partial charge is 0.245 e. The SMILES string of the molecule is CN(CC(=O)N1CCN2C(=O)CNC(=O)[C@@H]2C1)C1CCCC1. The minimum atomic E-state index is -0.518. The van der Waals surface area contributed by atoms with Gasteiger partial charge in [-0.2, -0.15) is 0 Å². The second-order valence-corrected chi connectivity index (χ2v) is 6.51. The van der Waals surface area contributed by atoms with E-state index in [1.165, 1.54) is 12.8 Å². The lowest BCUT2D eigenvalue weighted by Crippen LogP contribution is -2.67. The third-order valence-electron chi connectivity index (χ3n) is 5.10. The molecule has 2 saturated heterocycles. The van der Waals surface area contributed by atoms with Crippen LogP contribution in [-0.2, 0) is 14.4 Å². The predicted molar refractivity (Wildman–Crippen MR) is 80.0 cm³/mol. The summed E-state index contributed by atoms with van der Waals surface area (Å²) in [6.07, 6.45) is 4.81. The van der Waals surface area contributed by atoms with Crippen LogP contribution in [0.3, 0.4) is 0 Å². The maximum Gasteiger partial charge on any atom is 0.245 e. The molecule has 1 N–H and O–H groups in total. The molecule has 1 atom stereocenters. The largest absolute Gasteiger partial charge is 0.345 e. The Morgan fingerprint density at radius 3 is 2.73 bits per heavy atom. The Kier molecular flexibility index (Phi) is 4.33. The fraction of sp³-hybridized carbons (Fsp3) is 0.800. The number of hydrogen-bond acceptors (Lipinski definition) is 4. The minimum Gasteiger partial charge on any atom is -0.345 e. The summed E-state index contributed by atoms with van der Waals surface area (Å²) in [6.45, 7) is 1.76. The first kappa shape index (κ1) is 15.3. The van der Waals surface area contributed by atoms with Crippen molar-refractivity contribution >= 4 is 17.7 Å². The van der Waals surface area contributed by atoms with Gasteiger partial charge in [0.1, 0.15) is 6.04 Å². The van der Waals surface area contributed by atoms with Gasteiger partial charge in [-0.1, -0.05) is 12.8 Å². The van der Waals surface area contributed by atoms with Crippen molar-refractivity contribution < 1.29 is 14.4 Å². The Labute approximate surface area is 130 Å². The van der Waals surface area contributed by atoms with Crippen LogP contribution in [0.15, 0.2) is 0 Å². The molecule has 3 aliphatic rings. The van der Waals surface area contributed by atoms with Crippen LogP contribution in [-0.4, -0.2) is 84.3 Å². The van der Waals surface area contributed by atoms with Gasteiger partial charge in [0.15, 0.2) is 0 Å². The zero-order chi connectivity index (χ0) is 15.7. The number of amides is 3. The first-order valence-electron chi connectivity index (χ1n) is 8.11. The number of carbonyl (C=O) groups is 3. The predicted octanol–water partition coefficient (Wildman–Crippen LogP) is -0.970. The van der Waals surface area contributed by atoms with E-state index >= 15 is 0 Å². The van der Waals surface area contributed by atoms with E-state index in [-0.39, 0.29) is 24.3 Å². The monoisotopic (exact) mass is 308 g/mol. The lowest BCUT2D eigenvalue weighted by molar-refractivity contribution is -0.152. The molecule has 2 heterocycles. The van der Waals surface area contributed by atoms with Gasteiger partial charge in [0.25, 0.3) is 0 Å². The van der Waals surface area contributed by atoms with E-state index in [1.54, 1.807) is 9.80 Å². The molecule has 1 saturated carbocycles. The van der Waals surface area contributed by atoms with Crippen LogP contribution >= 0.6 is 0 Å². The summed E-state index contributed by atoms with van der Waals surface area (Å²) in [5, 5.41) is 2.60. The van der Waals surface area contributed by atoms with Gasteiger partial charge in [0.05, 0.1) is 19.6 Å². The fourth-order valence-corrected chi connectivity index (χ4v) is 3.70. The van der Waals surface area contributed by atoms with Crippen LogP contribution in [0.2, 0.25) is 0 Å². The van der Waals surface area contributed by atoms with Gasteiger partial charge in [0.2, 0.25) is 17.7 Å². The lowest BCUT2D eigenvalue weighted by Gasteiger charge is -2.43. The molecule has 0 aromatic rings. The molecule has 122 valence electrons. The van der Waals surface area contributed by atoms with Crippen molar-refractivity contribution in [3.8, 4) is 0 Å². The third kappa shape index (κ3) is 2.95. The highest BCUT2D eigenvalue weighted by Crippen LogP contribution is 2.22. The molecule has 0 aromatic heterocycles. The van der Waals surface area contributed by atoms with Crippen molar-refractivity contribution in [2.24, 2.45) is 0 Å². The van der Waals surface area contributed by atoms with Crippen molar-refractivity contribution in [1.82, 2.24) is 20.0 Å². The average molecular weight is 308 g/mol. The van der Waals surface area contributed by atoms with Gasteiger partial charge in [0, 0.05) is 19.1 Å². The summed E-state index contributed by atoms with van der Waals surface area (Å²) in [5.74, 6) is -0.152. The highest BCUT2D eigenvalue weighted by Gasteiger charge is 2.40. The summed E-state index contributed by atoms with van der Waals surface area (Å²) in [5.41, 5.74) is 0. The average Bonchev–Trinajstić information content (AvgIpc) is 3.05. The molecule has 3 fully saturated rings. The van der Waals surface area contributed by atoms with E-state index in [0.29, 0.717) is 32.2 Å². The number of nitrogens with zero attached hydrogens (tertiary/aromatic N) is 3. The molecule has 0 radical (unpaired) electrons. The molecule has 1 aliphatic carbocycles. The number of nitrogens with one attached hydrogen (secondary N) is 1. The quantitative estimate of drug-likeness (QED) is 0.728. The van der Waals surface area contributed by atoms with Crippen LogP contribution in [0.5, 0.6) is 0 Å². The summed E-state index contributed by atoms with van der Waals surface area (Å²) in [6, 6.07) is -0.0134. The molecule has 7 heteroatoms. The Hall–Kier alpha value is -1.63. The minimum absolute atomic E-state index is 0.0554. The number of piperazine rings is 2. The molecule has 0 bridgehead atoms. The van der Waals surface area contributed by atoms with E-state index < -0.39 is 6.04 Å². The molecule has 7 nitrogen and oxygen atoms in total. The zero-order valence-electron chi connectivity index (χ0n) is 13.1. The van der Waals surface area contributed by atoms with Crippen LogP contribution in [0.25, 0.3) is 0 Å². The zero-order valence-corrected chi connectivity index (χ0v) is 13.1. The van der Waals surface area contributed by atoms with Crippen molar-refractivity contribution in [1.29, 1.82) is 0 Å². The van der Waals surface area contributed by atoms with Gasteiger partial charge >= 0.3 is 0 Å². The summed E-state index contributed by atoms with van der Waals surface area (Å²) < 4.78 is 0. The summed E-state index contributed by atoms with van der Waals surface area (Å²) >= 11 is 0. The van der Waals surface area contributed by atoms with E-state index in [0.717, 1.165) is 12.8 Å². The second kappa shape index (κ2) is 6.24. The molecule has 0 unspecified atom stereocenters. The number of likely N-dealkylation sites (N-methyl/N-ethyl adjacent to an activating group) is 1. The fourth-order valence-electron chi connectivity index (χ4n) is 3.70. The normalized spacial score (nSPS) is 26.4. The van der Waals surface area contributed by atoms with E-state index in [2.05, 4.69) is 10.2 Å². The number of rotatable bonds is 3. The van der Waals surface area contributed by atoms with E-state index in [1.807, 2.05) is 7.05 Å². The molecular formula is C15H24N4O3. The van der Waals surface area contributed by atoms with Crippen molar-refractivity contribution in [3.05, 3.63) is 0 Å². The number of fused-ring (bicyclic) bond motifs is 1. The maximum atomic E-state index is 12.5. The molecule has 0 spiro atoms. The van der Waals surface area contributed by atoms with Gasteiger partial charge in [-0.15, -0.1) is 0 Å². The number of carbonyl (C=O) groups excluding carboxylic acids is 3. The first-order valence-corrected chi connectivity index (χ1v) is 8.11. The van der Waals surface area contributed by atoms with Crippen molar-refractivity contribution in [2.45, 2.75) is 37.8 Å². The third-order valence-corrected chi connectivity index (χ3v) is 5.10. The molecule has 0 aromatic carbocycles. The molecule has 22 heavy (non-hydrogen) atoms. The topological polar surface area (TPSA) is 73.0 Å². The van der Waals surface area contributed by atoms with Crippen molar-refractivity contribution in [3.63, 3.8) is 0 Å². The van der Waals surface area contributed by atoms with E-state index in [4.69, 9.17) is 0 Å². The van der Waals surface area contributed by atoms with Crippen LogP contribution in [0, 0.1) is 0 Å². The van der Waals surface area contributed by atoms with E-state index in [9.17, 15) is 14.4 Å². The Morgan fingerprint density at radius 2 is 2.00 bits per heavy atom. The van der Waals surface area contributed by atoms with Crippen LogP contribution in [0.4, 0.5) is 0 Å².